The molecule has 1 amide bonds. The van der Waals surface area contributed by atoms with Crippen LogP contribution in [0.15, 0.2) is 0 Å². The standard InChI is InChI=1S/C10H22N2O/c1-4-9(3)10(13)12-7-8(2)5-6-11/h8-9H,4-7,11H2,1-3H3,(H,12,13). The number of carbonyl (C=O) groups is 1. The summed E-state index contributed by atoms with van der Waals surface area (Å²) in [4.78, 5) is 11.3. The molecule has 0 aliphatic heterocycles. The normalized spacial score (nSPS) is 15.1. The number of carbonyl (C=O) groups excluding carboxylic acids is 1. The van der Waals surface area contributed by atoms with Gasteiger partial charge in [-0.05, 0) is 25.3 Å². The van der Waals surface area contributed by atoms with Gasteiger partial charge in [0.05, 0.1) is 0 Å². The zero-order valence-corrected chi connectivity index (χ0v) is 8.97. The average Bonchev–Trinajstić information content (AvgIpc) is 2.13. The predicted octanol–water partition coefficient (Wildman–Crippen LogP) is 1.13. The Kier molecular flexibility index (Phi) is 6.59. The minimum atomic E-state index is 0.130. The first kappa shape index (κ1) is 12.4. The van der Waals surface area contributed by atoms with E-state index in [4.69, 9.17) is 5.73 Å². The van der Waals surface area contributed by atoms with Crippen LogP contribution in [-0.2, 0) is 4.79 Å². The zero-order chi connectivity index (χ0) is 10.3. The van der Waals surface area contributed by atoms with Gasteiger partial charge in [-0.15, -0.1) is 0 Å². The Labute approximate surface area is 81.1 Å². The Morgan fingerprint density at radius 2 is 2.08 bits per heavy atom. The first-order chi connectivity index (χ1) is 6.11. The maximum atomic E-state index is 11.3. The highest BCUT2D eigenvalue weighted by molar-refractivity contribution is 5.78. The van der Waals surface area contributed by atoms with Crippen LogP contribution in [0.1, 0.15) is 33.6 Å². The van der Waals surface area contributed by atoms with Gasteiger partial charge < -0.3 is 11.1 Å². The summed E-state index contributed by atoms with van der Waals surface area (Å²) in [5.74, 6) is 0.773. The topological polar surface area (TPSA) is 55.1 Å². The summed E-state index contributed by atoms with van der Waals surface area (Å²) in [5.41, 5.74) is 5.41. The van der Waals surface area contributed by atoms with Crippen molar-refractivity contribution in [2.45, 2.75) is 33.6 Å². The maximum absolute atomic E-state index is 11.3. The molecular formula is C10H22N2O. The summed E-state index contributed by atoms with van der Waals surface area (Å²) in [6.45, 7) is 7.51. The second kappa shape index (κ2) is 6.89. The largest absolute Gasteiger partial charge is 0.356 e. The molecule has 78 valence electrons. The third-order valence-electron chi connectivity index (χ3n) is 2.34. The number of nitrogens with two attached hydrogens (primary N) is 1. The molecule has 3 N–H and O–H groups in total. The van der Waals surface area contributed by atoms with Crippen molar-refractivity contribution < 1.29 is 4.79 Å². The highest BCUT2D eigenvalue weighted by atomic mass is 16.1. The Morgan fingerprint density at radius 3 is 2.54 bits per heavy atom. The minimum Gasteiger partial charge on any atom is -0.356 e. The van der Waals surface area contributed by atoms with Gasteiger partial charge in [0.25, 0.3) is 0 Å². The Hall–Kier alpha value is -0.570. The molecule has 0 radical (unpaired) electrons. The molecule has 0 aromatic carbocycles. The molecule has 0 aromatic rings. The Bertz CT molecular complexity index is 148. The van der Waals surface area contributed by atoms with Gasteiger partial charge in [0, 0.05) is 12.5 Å². The fourth-order valence-corrected chi connectivity index (χ4v) is 1.02. The number of nitrogens with one attached hydrogen (secondary N) is 1. The van der Waals surface area contributed by atoms with E-state index in [2.05, 4.69) is 12.2 Å². The highest BCUT2D eigenvalue weighted by Crippen LogP contribution is 2.02. The molecule has 0 heterocycles. The fourth-order valence-electron chi connectivity index (χ4n) is 1.02. The quantitative estimate of drug-likeness (QED) is 0.653. The van der Waals surface area contributed by atoms with Crippen LogP contribution in [0.4, 0.5) is 0 Å². The number of hydrogen-bond donors (Lipinski definition) is 2. The molecule has 3 heteroatoms. The van der Waals surface area contributed by atoms with Crippen molar-refractivity contribution in [3.05, 3.63) is 0 Å². The van der Waals surface area contributed by atoms with Crippen molar-refractivity contribution in [1.29, 1.82) is 0 Å². The summed E-state index contributed by atoms with van der Waals surface area (Å²) in [6.07, 6.45) is 1.87. The van der Waals surface area contributed by atoms with E-state index in [9.17, 15) is 4.79 Å². The molecule has 0 rings (SSSR count). The first-order valence-electron chi connectivity index (χ1n) is 5.09. The summed E-state index contributed by atoms with van der Waals surface area (Å²) in [6, 6.07) is 0. The van der Waals surface area contributed by atoms with E-state index in [0.29, 0.717) is 12.5 Å². The van der Waals surface area contributed by atoms with E-state index in [1.807, 2.05) is 13.8 Å². The molecule has 0 bridgehead atoms. The highest BCUT2D eigenvalue weighted by Gasteiger charge is 2.10. The average molecular weight is 186 g/mol. The van der Waals surface area contributed by atoms with Crippen LogP contribution in [-0.4, -0.2) is 19.0 Å². The number of rotatable bonds is 6. The fraction of sp³-hybridized carbons (Fsp3) is 0.900. The maximum Gasteiger partial charge on any atom is 0.222 e. The lowest BCUT2D eigenvalue weighted by Crippen LogP contribution is -2.33. The Morgan fingerprint density at radius 1 is 1.46 bits per heavy atom. The molecular weight excluding hydrogens is 164 g/mol. The van der Waals surface area contributed by atoms with Crippen LogP contribution < -0.4 is 11.1 Å². The molecule has 0 saturated carbocycles. The van der Waals surface area contributed by atoms with E-state index in [1.54, 1.807) is 0 Å². The van der Waals surface area contributed by atoms with Crippen molar-refractivity contribution in [3.63, 3.8) is 0 Å². The van der Waals surface area contributed by atoms with Gasteiger partial charge in [-0.25, -0.2) is 0 Å². The Balaban J connectivity index is 3.57. The van der Waals surface area contributed by atoms with Gasteiger partial charge in [0.2, 0.25) is 5.91 Å². The van der Waals surface area contributed by atoms with Crippen LogP contribution in [0.5, 0.6) is 0 Å². The number of amides is 1. The number of hydrogen-bond acceptors (Lipinski definition) is 2. The molecule has 0 aliphatic rings. The second-order valence-corrected chi connectivity index (χ2v) is 3.74. The van der Waals surface area contributed by atoms with Crippen LogP contribution in [0.2, 0.25) is 0 Å². The monoisotopic (exact) mass is 186 g/mol. The molecule has 3 nitrogen and oxygen atoms in total. The van der Waals surface area contributed by atoms with Gasteiger partial charge in [-0.2, -0.15) is 0 Å². The molecule has 0 aliphatic carbocycles. The molecule has 2 unspecified atom stereocenters. The van der Waals surface area contributed by atoms with Crippen molar-refractivity contribution in [2.24, 2.45) is 17.6 Å². The summed E-state index contributed by atoms with van der Waals surface area (Å²) >= 11 is 0. The SMILES string of the molecule is CCC(C)C(=O)NCC(C)CCN. The van der Waals surface area contributed by atoms with Crippen molar-refractivity contribution in [1.82, 2.24) is 5.32 Å². The van der Waals surface area contributed by atoms with Crippen LogP contribution in [0, 0.1) is 11.8 Å². The van der Waals surface area contributed by atoms with Gasteiger partial charge in [0.15, 0.2) is 0 Å². The second-order valence-electron chi connectivity index (χ2n) is 3.74. The van der Waals surface area contributed by atoms with Crippen LogP contribution in [0.3, 0.4) is 0 Å². The van der Waals surface area contributed by atoms with Crippen molar-refractivity contribution >= 4 is 5.91 Å². The first-order valence-corrected chi connectivity index (χ1v) is 5.09. The molecule has 0 aromatic heterocycles. The van der Waals surface area contributed by atoms with E-state index in [1.165, 1.54) is 0 Å². The zero-order valence-electron chi connectivity index (χ0n) is 8.97. The lowest BCUT2D eigenvalue weighted by molar-refractivity contribution is -0.124. The predicted molar refractivity (Wildman–Crippen MR) is 55.3 cm³/mol. The van der Waals surface area contributed by atoms with Crippen LogP contribution >= 0.6 is 0 Å². The van der Waals surface area contributed by atoms with E-state index >= 15 is 0 Å². The lowest BCUT2D eigenvalue weighted by Gasteiger charge is -2.13. The van der Waals surface area contributed by atoms with Crippen LogP contribution in [0.25, 0.3) is 0 Å². The van der Waals surface area contributed by atoms with Gasteiger partial charge in [0.1, 0.15) is 0 Å². The lowest BCUT2D eigenvalue weighted by atomic mass is 10.1. The molecule has 2 atom stereocenters. The van der Waals surface area contributed by atoms with Gasteiger partial charge >= 0.3 is 0 Å². The minimum absolute atomic E-state index is 0.130. The van der Waals surface area contributed by atoms with Crippen molar-refractivity contribution in [3.8, 4) is 0 Å². The summed E-state index contributed by atoms with van der Waals surface area (Å²) in [7, 11) is 0. The smallest absolute Gasteiger partial charge is 0.222 e. The van der Waals surface area contributed by atoms with E-state index < -0.39 is 0 Å². The van der Waals surface area contributed by atoms with E-state index in [0.717, 1.165) is 19.4 Å². The van der Waals surface area contributed by atoms with Gasteiger partial charge in [-0.1, -0.05) is 20.8 Å². The third-order valence-corrected chi connectivity index (χ3v) is 2.34. The summed E-state index contributed by atoms with van der Waals surface area (Å²) in [5, 5.41) is 2.92. The molecule has 0 spiro atoms. The molecule has 0 saturated heterocycles. The molecule has 0 fully saturated rings. The van der Waals surface area contributed by atoms with E-state index in [-0.39, 0.29) is 11.8 Å². The summed E-state index contributed by atoms with van der Waals surface area (Å²) < 4.78 is 0. The van der Waals surface area contributed by atoms with Crippen molar-refractivity contribution in [2.75, 3.05) is 13.1 Å². The van der Waals surface area contributed by atoms with Gasteiger partial charge in [-0.3, -0.25) is 4.79 Å². The third kappa shape index (κ3) is 5.64. The molecule has 13 heavy (non-hydrogen) atoms.